The van der Waals surface area contributed by atoms with Crippen LogP contribution in [0.3, 0.4) is 0 Å². The Kier molecular flexibility index (Phi) is 6.16. The summed E-state index contributed by atoms with van der Waals surface area (Å²) >= 11 is 1.43. The van der Waals surface area contributed by atoms with Gasteiger partial charge in [0.1, 0.15) is 0 Å². The fourth-order valence-corrected chi connectivity index (χ4v) is 4.13. The van der Waals surface area contributed by atoms with E-state index in [0.717, 1.165) is 17.0 Å². The Labute approximate surface area is 165 Å². The zero-order chi connectivity index (χ0) is 20.5. The summed E-state index contributed by atoms with van der Waals surface area (Å²) in [5, 5.41) is 7.79. The van der Waals surface area contributed by atoms with Gasteiger partial charge in [0.25, 0.3) is 5.78 Å². The number of hydrogen-bond donors (Lipinski definition) is 1. The van der Waals surface area contributed by atoms with Gasteiger partial charge in [-0.3, -0.25) is 4.79 Å². The Bertz CT molecular complexity index is 867. The smallest absolute Gasteiger partial charge is 0.353 e. The largest absolute Gasteiger partial charge is 0.391 e. The number of aromatic nitrogens is 4. The monoisotopic (exact) mass is 415 g/mol. The molecule has 1 fully saturated rings. The minimum Gasteiger partial charge on any atom is -0.353 e. The second-order valence-corrected chi connectivity index (χ2v) is 8.01. The summed E-state index contributed by atoms with van der Waals surface area (Å²) in [5.74, 6) is -1.02. The molecule has 10 heteroatoms. The molecule has 2 aromatic heterocycles. The molecule has 2 aromatic rings. The fraction of sp³-hybridized carbons (Fsp3) is 0.667. The topological polar surface area (TPSA) is 72.2 Å². The van der Waals surface area contributed by atoms with Gasteiger partial charge in [-0.1, -0.05) is 18.2 Å². The maximum atomic E-state index is 12.9. The molecule has 1 saturated carbocycles. The van der Waals surface area contributed by atoms with Gasteiger partial charge >= 0.3 is 6.18 Å². The molecule has 0 saturated heterocycles. The van der Waals surface area contributed by atoms with Crippen LogP contribution in [0.1, 0.15) is 49.1 Å². The number of hydrogen-bond acceptors (Lipinski definition) is 5. The predicted molar refractivity (Wildman–Crippen MR) is 100 cm³/mol. The number of rotatable bonds is 5. The number of nitrogens with zero attached hydrogens (tertiary/aromatic N) is 4. The van der Waals surface area contributed by atoms with Gasteiger partial charge in [-0.2, -0.15) is 18.2 Å². The van der Waals surface area contributed by atoms with Crippen LogP contribution in [0.25, 0.3) is 5.78 Å². The average molecular weight is 415 g/mol. The molecular formula is C18H24F3N5OS. The molecule has 0 bridgehead atoms. The molecule has 0 aromatic carbocycles. The molecule has 0 aliphatic heterocycles. The van der Waals surface area contributed by atoms with Crippen molar-refractivity contribution >= 4 is 23.4 Å². The number of fused-ring (bicyclic) bond motifs is 1. The lowest BCUT2D eigenvalue weighted by atomic mass is 9.85. The summed E-state index contributed by atoms with van der Waals surface area (Å²) < 4.78 is 40.5. The van der Waals surface area contributed by atoms with Crippen LogP contribution in [-0.4, -0.2) is 44.0 Å². The number of halogens is 3. The van der Waals surface area contributed by atoms with E-state index in [1.807, 2.05) is 20.1 Å². The van der Waals surface area contributed by atoms with Gasteiger partial charge in [0.15, 0.2) is 0 Å². The van der Waals surface area contributed by atoms with Crippen molar-refractivity contribution in [2.75, 3.05) is 6.26 Å². The zero-order valence-electron chi connectivity index (χ0n) is 16.1. The third kappa shape index (κ3) is 4.59. The molecule has 0 spiro atoms. The summed E-state index contributed by atoms with van der Waals surface area (Å²) in [6, 6.07) is -0.407. The fourth-order valence-electron chi connectivity index (χ4n) is 3.79. The van der Waals surface area contributed by atoms with Crippen LogP contribution < -0.4 is 5.32 Å². The van der Waals surface area contributed by atoms with Gasteiger partial charge in [-0.25, -0.2) is 9.50 Å². The predicted octanol–water partition coefficient (Wildman–Crippen LogP) is 3.63. The van der Waals surface area contributed by atoms with Crippen molar-refractivity contribution in [2.24, 2.45) is 5.92 Å². The first-order valence-electron chi connectivity index (χ1n) is 9.32. The molecule has 2 atom stereocenters. The molecule has 2 unspecified atom stereocenters. The molecule has 3 rings (SSSR count). The highest BCUT2D eigenvalue weighted by atomic mass is 32.2. The van der Waals surface area contributed by atoms with Crippen molar-refractivity contribution < 1.29 is 18.0 Å². The van der Waals surface area contributed by atoms with E-state index in [-0.39, 0.29) is 25.2 Å². The third-order valence-corrected chi connectivity index (χ3v) is 5.85. The first-order chi connectivity index (χ1) is 13.2. The van der Waals surface area contributed by atoms with E-state index in [1.54, 1.807) is 4.52 Å². The normalized spacial score (nSPS) is 20.5. The minimum atomic E-state index is -4.19. The highest BCUT2D eigenvalue weighted by Crippen LogP contribution is 2.37. The lowest BCUT2D eigenvalue weighted by molar-refractivity contribution is -0.184. The maximum Gasteiger partial charge on any atom is 0.391 e. The number of nitrogens with one attached hydrogen (secondary N) is 1. The molecule has 2 heterocycles. The van der Waals surface area contributed by atoms with Crippen molar-refractivity contribution in [3.8, 4) is 0 Å². The maximum absolute atomic E-state index is 12.9. The van der Waals surface area contributed by atoms with Gasteiger partial charge in [0, 0.05) is 23.9 Å². The van der Waals surface area contributed by atoms with E-state index in [4.69, 9.17) is 0 Å². The molecule has 1 amide bonds. The van der Waals surface area contributed by atoms with Crippen LogP contribution in [-0.2, 0) is 11.2 Å². The number of aryl methyl sites for hydroxylation is 2. The highest BCUT2D eigenvalue weighted by molar-refractivity contribution is 7.98. The Morgan fingerprint density at radius 3 is 2.71 bits per heavy atom. The van der Waals surface area contributed by atoms with Crippen molar-refractivity contribution in [3.63, 3.8) is 0 Å². The highest BCUT2D eigenvalue weighted by Gasteiger charge is 2.42. The first-order valence-corrected chi connectivity index (χ1v) is 10.5. The van der Waals surface area contributed by atoms with E-state index >= 15 is 0 Å². The van der Waals surface area contributed by atoms with Crippen molar-refractivity contribution in [3.05, 3.63) is 17.0 Å². The lowest BCUT2D eigenvalue weighted by Crippen LogP contribution is -2.41. The second kappa shape index (κ2) is 8.26. The Balaban J connectivity index is 1.63. The van der Waals surface area contributed by atoms with Crippen LogP contribution in [0.2, 0.25) is 0 Å². The van der Waals surface area contributed by atoms with Crippen LogP contribution in [0.4, 0.5) is 13.2 Å². The Morgan fingerprint density at radius 1 is 1.29 bits per heavy atom. The molecule has 0 radical (unpaired) electrons. The summed E-state index contributed by atoms with van der Waals surface area (Å²) in [6.45, 7) is 3.77. The van der Waals surface area contributed by atoms with Gasteiger partial charge in [0.05, 0.1) is 5.92 Å². The molecule has 1 aliphatic carbocycles. The second-order valence-electron chi connectivity index (χ2n) is 7.24. The van der Waals surface area contributed by atoms with E-state index in [9.17, 15) is 18.0 Å². The summed E-state index contributed by atoms with van der Waals surface area (Å²) in [6.07, 6.45) is -0.448. The molecule has 154 valence electrons. The standard InChI is InChI=1S/C18H24F3N5OS/c1-10-14(11(2)26-16(22-10)24-17(25-26)28-3)7-8-15(27)23-13-6-4-5-12(9-13)18(19,20)21/h12-13H,4-9H2,1-3H3,(H,23,27). The first kappa shape index (κ1) is 20.9. The Morgan fingerprint density at radius 2 is 2.04 bits per heavy atom. The average Bonchev–Trinajstić information content (AvgIpc) is 3.04. The van der Waals surface area contributed by atoms with Crippen LogP contribution in [0.15, 0.2) is 5.16 Å². The number of alkyl halides is 3. The van der Waals surface area contributed by atoms with Crippen molar-refractivity contribution in [1.82, 2.24) is 24.9 Å². The summed E-state index contributed by atoms with van der Waals surface area (Å²) in [5.41, 5.74) is 2.57. The molecular weight excluding hydrogens is 391 g/mol. The molecule has 1 aliphatic rings. The zero-order valence-corrected chi connectivity index (χ0v) is 17.0. The lowest BCUT2D eigenvalue weighted by Gasteiger charge is -2.31. The Hall–Kier alpha value is -1.84. The van der Waals surface area contributed by atoms with E-state index < -0.39 is 18.1 Å². The van der Waals surface area contributed by atoms with Gasteiger partial charge in [0.2, 0.25) is 11.1 Å². The van der Waals surface area contributed by atoms with Gasteiger partial charge in [-0.15, -0.1) is 5.10 Å². The van der Waals surface area contributed by atoms with Gasteiger partial charge < -0.3 is 5.32 Å². The van der Waals surface area contributed by atoms with Crippen molar-refractivity contribution in [2.45, 2.75) is 69.7 Å². The minimum absolute atomic E-state index is 0.0305. The SMILES string of the molecule is CSc1nc2nc(C)c(CCC(=O)NC3CCCC(C(F)(F)F)C3)c(C)n2n1. The van der Waals surface area contributed by atoms with Crippen LogP contribution >= 0.6 is 11.8 Å². The van der Waals surface area contributed by atoms with Crippen LogP contribution in [0, 0.1) is 19.8 Å². The van der Waals surface area contributed by atoms with Gasteiger partial charge in [-0.05, 0) is 51.3 Å². The third-order valence-electron chi connectivity index (χ3n) is 5.32. The summed E-state index contributed by atoms with van der Waals surface area (Å²) in [4.78, 5) is 21.1. The molecule has 28 heavy (non-hydrogen) atoms. The van der Waals surface area contributed by atoms with E-state index in [2.05, 4.69) is 20.4 Å². The summed E-state index contributed by atoms with van der Waals surface area (Å²) in [7, 11) is 0. The molecule has 6 nitrogen and oxygen atoms in total. The number of amides is 1. The van der Waals surface area contributed by atoms with E-state index in [0.29, 0.717) is 30.2 Å². The van der Waals surface area contributed by atoms with Crippen LogP contribution in [0.5, 0.6) is 0 Å². The van der Waals surface area contributed by atoms with Crippen molar-refractivity contribution in [1.29, 1.82) is 0 Å². The quantitative estimate of drug-likeness (QED) is 0.755. The van der Waals surface area contributed by atoms with E-state index in [1.165, 1.54) is 11.8 Å². The number of carbonyl (C=O) groups excluding carboxylic acids is 1. The molecule has 1 N–H and O–H groups in total. The number of thioether (sulfide) groups is 1. The number of carbonyl (C=O) groups is 1.